The molecule has 0 atom stereocenters. The second-order valence-corrected chi connectivity index (χ2v) is 12.3. The van der Waals surface area contributed by atoms with E-state index in [2.05, 4.69) is 77.2 Å². The van der Waals surface area contributed by atoms with Crippen LogP contribution in [-0.2, 0) is 0 Å². The summed E-state index contributed by atoms with van der Waals surface area (Å²) in [5.74, 6) is 2.01. The van der Waals surface area contributed by atoms with Gasteiger partial charge in [-0.1, -0.05) is 121 Å². The van der Waals surface area contributed by atoms with E-state index >= 15 is 0 Å². The van der Waals surface area contributed by atoms with Gasteiger partial charge in [-0.25, -0.2) is 15.0 Å². The minimum Gasteiger partial charge on any atom is -0.299 e. The summed E-state index contributed by atoms with van der Waals surface area (Å²) in [7, 11) is 0. The van der Waals surface area contributed by atoms with Gasteiger partial charge in [0, 0.05) is 48.3 Å². The van der Waals surface area contributed by atoms with Crippen molar-refractivity contribution in [1.29, 1.82) is 0 Å². The summed E-state index contributed by atoms with van der Waals surface area (Å²) in [5, 5.41) is 9.04. The van der Waals surface area contributed by atoms with Gasteiger partial charge in [0.05, 0.1) is 11.0 Å². The molecule has 0 aliphatic heterocycles. The molecule has 0 N–H and O–H groups in total. The molecule has 0 spiro atoms. The number of para-hydroxylation sites is 1. The first-order chi connectivity index (χ1) is 21.8. The maximum atomic E-state index is 4.99. The van der Waals surface area contributed by atoms with Crippen molar-refractivity contribution in [3.63, 3.8) is 0 Å². The van der Waals surface area contributed by atoms with Gasteiger partial charge in [-0.15, -0.1) is 11.3 Å². The van der Waals surface area contributed by atoms with Crippen molar-refractivity contribution in [2.24, 2.45) is 0 Å². The zero-order valence-electron chi connectivity index (χ0n) is 23.4. The lowest BCUT2D eigenvalue weighted by Gasteiger charge is -2.10. The summed E-state index contributed by atoms with van der Waals surface area (Å²) in [6.45, 7) is 0. The monoisotopic (exact) mass is 578 g/mol. The van der Waals surface area contributed by atoms with Gasteiger partial charge in [0.1, 0.15) is 4.83 Å². The van der Waals surface area contributed by atoms with Gasteiger partial charge >= 0.3 is 0 Å². The summed E-state index contributed by atoms with van der Waals surface area (Å²) in [4.78, 5) is 16.1. The van der Waals surface area contributed by atoms with Gasteiger partial charge in [-0.3, -0.25) is 4.40 Å². The topological polar surface area (TPSA) is 43.1 Å². The number of thiophene rings is 1. The molecule has 4 heterocycles. The maximum absolute atomic E-state index is 4.99. The molecule has 0 bridgehead atoms. The molecule has 0 aliphatic carbocycles. The van der Waals surface area contributed by atoms with E-state index in [1.54, 1.807) is 0 Å². The van der Waals surface area contributed by atoms with Crippen LogP contribution < -0.4 is 0 Å². The third-order valence-electron chi connectivity index (χ3n) is 8.78. The standard InChI is InChI=1S/C39H22N4S/c1-3-10-24(11-4-1)36-40-37(25-12-5-2-6-13-25)42-38(41-36)26-19-21-29-32(22-26)44-39-34(29)30-16-9-14-23-18-20-28-27-15-7-8-17-31(27)43(39)35(28)33(23)30/h1-22H. The maximum Gasteiger partial charge on any atom is 0.164 e. The molecular weight excluding hydrogens is 557 g/mol. The fraction of sp³-hybridized carbons (Fsp3) is 0. The van der Waals surface area contributed by atoms with E-state index in [1.807, 2.05) is 72.0 Å². The van der Waals surface area contributed by atoms with Gasteiger partial charge in [-0.05, 0) is 22.9 Å². The molecule has 0 aliphatic rings. The third-order valence-corrected chi connectivity index (χ3v) is 9.92. The SMILES string of the molecule is c1ccc(-c2nc(-c3ccccc3)nc(-c3ccc4c(c3)sc3c4c4cccc5ccc6c7ccccc7n3c6c54)n2)cc1. The number of rotatable bonds is 3. The molecule has 4 nitrogen and oxygen atoms in total. The Morgan fingerprint density at radius 3 is 1.84 bits per heavy atom. The number of benzene rings is 6. The number of pyridine rings is 1. The highest BCUT2D eigenvalue weighted by Crippen LogP contribution is 2.46. The van der Waals surface area contributed by atoms with Crippen molar-refractivity contribution in [2.45, 2.75) is 0 Å². The van der Waals surface area contributed by atoms with Crippen LogP contribution in [0.2, 0.25) is 0 Å². The summed E-state index contributed by atoms with van der Waals surface area (Å²) < 4.78 is 3.70. The Morgan fingerprint density at radius 1 is 0.455 bits per heavy atom. The molecule has 0 amide bonds. The predicted octanol–water partition coefficient (Wildman–Crippen LogP) is 10.4. The summed E-state index contributed by atoms with van der Waals surface area (Å²) in [5.41, 5.74) is 5.46. The molecule has 6 aromatic carbocycles. The Labute approximate surface area is 255 Å². The second kappa shape index (κ2) is 8.93. The number of nitrogens with zero attached hydrogens (tertiary/aromatic N) is 4. The van der Waals surface area contributed by atoms with Crippen molar-refractivity contribution in [3.05, 3.63) is 133 Å². The Bertz CT molecular complexity index is 2650. The van der Waals surface area contributed by atoms with Crippen LogP contribution in [-0.4, -0.2) is 19.4 Å². The molecular formula is C39H22N4S. The van der Waals surface area contributed by atoms with Crippen molar-refractivity contribution >= 4 is 69.6 Å². The molecule has 4 aromatic heterocycles. The van der Waals surface area contributed by atoms with Gasteiger partial charge in [0.2, 0.25) is 0 Å². The van der Waals surface area contributed by atoms with Crippen molar-refractivity contribution < 1.29 is 0 Å². The Hall–Kier alpha value is -5.65. The van der Waals surface area contributed by atoms with E-state index in [1.165, 1.54) is 58.3 Å². The highest BCUT2D eigenvalue weighted by Gasteiger charge is 2.21. The minimum atomic E-state index is 0.670. The van der Waals surface area contributed by atoms with E-state index in [0.29, 0.717) is 17.5 Å². The summed E-state index contributed by atoms with van der Waals surface area (Å²) >= 11 is 1.84. The van der Waals surface area contributed by atoms with Crippen LogP contribution >= 0.6 is 11.3 Å². The largest absolute Gasteiger partial charge is 0.299 e. The molecule has 44 heavy (non-hydrogen) atoms. The highest BCUT2D eigenvalue weighted by molar-refractivity contribution is 7.25. The first kappa shape index (κ1) is 23.9. The first-order valence-corrected chi connectivity index (χ1v) is 15.5. The highest BCUT2D eigenvalue weighted by atomic mass is 32.1. The Morgan fingerprint density at radius 2 is 1.09 bits per heavy atom. The average molecular weight is 579 g/mol. The fourth-order valence-electron chi connectivity index (χ4n) is 6.82. The molecule has 0 saturated heterocycles. The fourth-order valence-corrected chi connectivity index (χ4v) is 8.10. The van der Waals surface area contributed by atoms with Crippen molar-refractivity contribution in [1.82, 2.24) is 19.4 Å². The summed E-state index contributed by atoms with van der Waals surface area (Å²) in [6.07, 6.45) is 0. The quantitative estimate of drug-likeness (QED) is 0.209. The van der Waals surface area contributed by atoms with Gasteiger partial charge in [0.15, 0.2) is 17.5 Å². The zero-order valence-corrected chi connectivity index (χ0v) is 24.2. The zero-order chi connectivity index (χ0) is 28.8. The number of aromatic nitrogens is 4. The van der Waals surface area contributed by atoms with E-state index in [-0.39, 0.29) is 0 Å². The molecule has 0 saturated carbocycles. The van der Waals surface area contributed by atoms with E-state index in [0.717, 1.165) is 16.7 Å². The summed E-state index contributed by atoms with van der Waals surface area (Å²) in [6, 6.07) is 47.0. The van der Waals surface area contributed by atoms with E-state index < -0.39 is 0 Å². The van der Waals surface area contributed by atoms with E-state index in [4.69, 9.17) is 15.0 Å². The van der Waals surface area contributed by atoms with Crippen LogP contribution in [0.15, 0.2) is 133 Å². The van der Waals surface area contributed by atoms with Crippen LogP contribution in [0.3, 0.4) is 0 Å². The molecule has 10 rings (SSSR count). The normalized spacial score (nSPS) is 12.1. The first-order valence-electron chi connectivity index (χ1n) is 14.7. The molecule has 0 radical (unpaired) electrons. The minimum absolute atomic E-state index is 0.670. The van der Waals surface area contributed by atoms with Crippen LogP contribution in [0.5, 0.6) is 0 Å². The Balaban J connectivity index is 1.28. The van der Waals surface area contributed by atoms with Crippen molar-refractivity contribution in [2.75, 3.05) is 0 Å². The van der Waals surface area contributed by atoms with Gasteiger partial charge in [0.25, 0.3) is 0 Å². The molecule has 5 heteroatoms. The van der Waals surface area contributed by atoms with Gasteiger partial charge in [-0.2, -0.15) is 0 Å². The number of fused-ring (bicyclic) bond motifs is 8. The van der Waals surface area contributed by atoms with Crippen LogP contribution in [0, 0.1) is 0 Å². The Kier molecular flexibility index (Phi) is 4.84. The molecule has 10 aromatic rings. The van der Waals surface area contributed by atoms with Crippen LogP contribution in [0.25, 0.3) is 92.4 Å². The number of hydrogen-bond acceptors (Lipinski definition) is 4. The lowest BCUT2D eigenvalue weighted by Crippen LogP contribution is -1.99. The van der Waals surface area contributed by atoms with Gasteiger partial charge < -0.3 is 0 Å². The number of hydrogen-bond donors (Lipinski definition) is 0. The van der Waals surface area contributed by atoms with Crippen LogP contribution in [0.1, 0.15) is 0 Å². The lowest BCUT2D eigenvalue weighted by molar-refractivity contribution is 1.07. The van der Waals surface area contributed by atoms with Crippen LogP contribution in [0.4, 0.5) is 0 Å². The molecule has 0 fully saturated rings. The molecule has 204 valence electrons. The smallest absolute Gasteiger partial charge is 0.164 e. The molecule has 0 unspecified atom stereocenters. The predicted molar refractivity (Wildman–Crippen MR) is 184 cm³/mol. The lowest BCUT2D eigenvalue weighted by atomic mass is 9.99. The second-order valence-electron chi connectivity index (χ2n) is 11.2. The average Bonchev–Trinajstić information content (AvgIpc) is 3.65. The van der Waals surface area contributed by atoms with E-state index in [9.17, 15) is 0 Å². The third kappa shape index (κ3) is 3.30. The van der Waals surface area contributed by atoms with Crippen molar-refractivity contribution in [3.8, 4) is 34.2 Å².